The van der Waals surface area contributed by atoms with Crippen molar-refractivity contribution in [3.05, 3.63) is 0 Å². The van der Waals surface area contributed by atoms with E-state index in [1.54, 1.807) is 0 Å². The van der Waals surface area contributed by atoms with Crippen LogP contribution in [0.2, 0.25) is 0 Å². The molecule has 2 amide bonds. The molecule has 2 bridgehead atoms. The van der Waals surface area contributed by atoms with E-state index >= 15 is 0 Å². The number of nitrogens with zero attached hydrogens (tertiary/aromatic N) is 2. The summed E-state index contributed by atoms with van der Waals surface area (Å²) < 4.78 is 0. The third kappa shape index (κ3) is 2.67. The van der Waals surface area contributed by atoms with E-state index in [1.807, 2.05) is 0 Å². The van der Waals surface area contributed by atoms with Gasteiger partial charge in [-0.2, -0.15) is 0 Å². The normalized spacial score (nSPS) is 37.7. The number of likely N-dealkylation sites (tertiary alicyclic amines) is 1. The number of carbonyl (C=O) groups excluding carboxylic acids is 1. The maximum absolute atomic E-state index is 12.4. The Morgan fingerprint density at radius 1 is 1.15 bits per heavy atom. The Morgan fingerprint density at radius 2 is 1.85 bits per heavy atom. The van der Waals surface area contributed by atoms with Crippen LogP contribution in [0.25, 0.3) is 0 Å². The quantitative estimate of drug-likeness (QED) is 0.842. The number of carbonyl (C=O) groups is 1. The van der Waals surface area contributed by atoms with E-state index in [2.05, 4.69) is 35.9 Å². The van der Waals surface area contributed by atoms with Crippen LogP contribution in [0.4, 0.5) is 4.79 Å². The van der Waals surface area contributed by atoms with Gasteiger partial charge in [0.25, 0.3) is 0 Å². The van der Waals surface area contributed by atoms with E-state index in [9.17, 15) is 4.79 Å². The van der Waals surface area contributed by atoms with Crippen molar-refractivity contribution in [1.82, 2.24) is 15.1 Å². The minimum atomic E-state index is 0.179. The number of rotatable bonds is 2. The first-order chi connectivity index (χ1) is 9.54. The lowest BCUT2D eigenvalue weighted by molar-refractivity contribution is 0.143. The molecule has 3 fully saturated rings. The molecule has 0 aromatic carbocycles. The summed E-state index contributed by atoms with van der Waals surface area (Å²) in [5, 5.41) is 3.22. The number of urea groups is 1. The molecule has 1 N–H and O–H groups in total. The van der Waals surface area contributed by atoms with Crippen molar-refractivity contribution in [3.8, 4) is 0 Å². The van der Waals surface area contributed by atoms with E-state index in [0.29, 0.717) is 24.2 Å². The zero-order valence-corrected chi connectivity index (χ0v) is 13.1. The molecule has 2 unspecified atom stereocenters. The second kappa shape index (κ2) is 5.55. The topological polar surface area (TPSA) is 35.6 Å². The van der Waals surface area contributed by atoms with Gasteiger partial charge in [-0.15, -0.1) is 0 Å². The number of amides is 2. The van der Waals surface area contributed by atoms with E-state index in [1.165, 1.54) is 12.8 Å². The highest BCUT2D eigenvalue weighted by Crippen LogP contribution is 2.32. The minimum Gasteiger partial charge on any atom is -0.335 e. The van der Waals surface area contributed by atoms with Gasteiger partial charge in [-0.3, -0.25) is 4.90 Å². The molecule has 0 aromatic rings. The molecule has 4 nitrogen and oxygen atoms in total. The molecular formula is C16H29N3O. The molecule has 1 aliphatic carbocycles. The lowest BCUT2D eigenvalue weighted by atomic mass is 9.82. The number of hydrogen-bond donors (Lipinski definition) is 1. The smallest absolute Gasteiger partial charge is 0.317 e. The molecular weight excluding hydrogens is 250 g/mol. The Balaban J connectivity index is 1.58. The predicted octanol–water partition coefficient (Wildman–Crippen LogP) is 2.44. The van der Waals surface area contributed by atoms with Gasteiger partial charge in [-0.25, -0.2) is 4.79 Å². The van der Waals surface area contributed by atoms with E-state index in [0.717, 1.165) is 38.3 Å². The van der Waals surface area contributed by atoms with Crippen LogP contribution in [0.15, 0.2) is 0 Å². The Hall–Kier alpha value is -0.770. The average molecular weight is 279 g/mol. The van der Waals surface area contributed by atoms with Gasteiger partial charge in [0.1, 0.15) is 0 Å². The molecule has 4 heteroatoms. The Bertz CT molecular complexity index is 365. The van der Waals surface area contributed by atoms with Crippen LogP contribution in [-0.2, 0) is 0 Å². The van der Waals surface area contributed by atoms with Crippen molar-refractivity contribution < 1.29 is 4.79 Å². The molecule has 2 aliphatic heterocycles. The molecule has 1 saturated carbocycles. The Morgan fingerprint density at radius 3 is 2.50 bits per heavy atom. The first-order valence-corrected chi connectivity index (χ1v) is 8.37. The SMILES string of the molecule is CC1CC(NC(=O)N2CCC3CCC(C2)N3C(C)C)C1. The summed E-state index contributed by atoms with van der Waals surface area (Å²) in [5.41, 5.74) is 0. The highest BCUT2D eigenvalue weighted by atomic mass is 16.2. The zero-order valence-electron chi connectivity index (χ0n) is 13.1. The molecule has 20 heavy (non-hydrogen) atoms. The third-order valence-electron chi connectivity index (χ3n) is 5.42. The summed E-state index contributed by atoms with van der Waals surface area (Å²) in [5.74, 6) is 0.789. The van der Waals surface area contributed by atoms with Gasteiger partial charge in [-0.05, 0) is 51.9 Å². The first kappa shape index (κ1) is 14.2. The van der Waals surface area contributed by atoms with Gasteiger partial charge in [-0.1, -0.05) is 6.92 Å². The van der Waals surface area contributed by atoms with Crippen molar-refractivity contribution in [1.29, 1.82) is 0 Å². The second-order valence-electron chi connectivity index (χ2n) is 7.38. The standard InChI is InChI=1S/C16H29N3O/c1-11(2)19-14-4-5-15(19)10-18(7-6-14)16(20)17-13-8-12(3)9-13/h11-15H,4-10H2,1-3H3,(H,17,20). The molecule has 3 aliphatic rings. The van der Waals surface area contributed by atoms with Crippen molar-refractivity contribution in [2.45, 2.75) is 77.0 Å². The number of nitrogens with one attached hydrogen (secondary N) is 1. The molecule has 3 rings (SSSR count). The third-order valence-corrected chi connectivity index (χ3v) is 5.42. The van der Waals surface area contributed by atoms with Gasteiger partial charge < -0.3 is 10.2 Å². The highest BCUT2D eigenvalue weighted by Gasteiger charge is 2.40. The summed E-state index contributed by atoms with van der Waals surface area (Å²) >= 11 is 0. The van der Waals surface area contributed by atoms with Crippen LogP contribution < -0.4 is 5.32 Å². The minimum absolute atomic E-state index is 0.179. The maximum Gasteiger partial charge on any atom is 0.317 e. The van der Waals surface area contributed by atoms with Gasteiger partial charge in [0.15, 0.2) is 0 Å². The molecule has 2 heterocycles. The Kier molecular flexibility index (Phi) is 3.93. The van der Waals surface area contributed by atoms with Crippen LogP contribution in [0.5, 0.6) is 0 Å². The van der Waals surface area contributed by atoms with Crippen LogP contribution in [0.1, 0.15) is 52.9 Å². The van der Waals surface area contributed by atoms with Gasteiger partial charge in [0.05, 0.1) is 0 Å². The zero-order chi connectivity index (χ0) is 14.3. The van der Waals surface area contributed by atoms with Crippen molar-refractivity contribution in [2.75, 3.05) is 13.1 Å². The van der Waals surface area contributed by atoms with Crippen LogP contribution >= 0.6 is 0 Å². The summed E-state index contributed by atoms with van der Waals surface area (Å²) in [4.78, 5) is 17.1. The Labute approximate surface area is 122 Å². The predicted molar refractivity (Wildman–Crippen MR) is 80.7 cm³/mol. The largest absolute Gasteiger partial charge is 0.335 e. The van der Waals surface area contributed by atoms with E-state index in [4.69, 9.17) is 0 Å². The van der Waals surface area contributed by atoms with Crippen LogP contribution in [-0.4, -0.2) is 53.1 Å². The van der Waals surface area contributed by atoms with Crippen LogP contribution in [0.3, 0.4) is 0 Å². The molecule has 114 valence electrons. The van der Waals surface area contributed by atoms with Gasteiger partial charge >= 0.3 is 6.03 Å². The lowest BCUT2D eigenvalue weighted by Gasteiger charge is -2.36. The molecule has 2 atom stereocenters. The summed E-state index contributed by atoms with van der Waals surface area (Å²) in [6, 6.07) is 2.48. The monoisotopic (exact) mass is 279 g/mol. The summed E-state index contributed by atoms with van der Waals surface area (Å²) in [6.45, 7) is 8.68. The summed E-state index contributed by atoms with van der Waals surface area (Å²) in [6.07, 6.45) is 6.03. The fourth-order valence-corrected chi connectivity index (χ4v) is 4.42. The summed E-state index contributed by atoms with van der Waals surface area (Å²) in [7, 11) is 0. The maximum atomic E-state index is 12.4. The molecule has 0 radical (unpaired) electrons. The average Bonchev–Trinajstić information content (AvgIpc) is 2.62. The number of hydrogen-bond acceptors (Lipinski definition) is 2. The van der Waals surface area contributed by atoms with Gasteiger partial charge in [0, 0.05) is 37.3 Å². The van der Waals surface area contributed by atoms with Crippen LogP contribution in [0, 0.1) is 5.92 Å². The van der Waals surface area contributed by atoms with E-state index < -0.39 is 0 Å². The fraction of sp³-hybridized carbons (Fsp3) is 0.938. The van der Waals surface area contributed by atoms with Gasteiger partial charge in [0.2, 0.25) is 0 Å². The molecule has 2 saturated heterocycles. The fourth-order valence-electron chi connectivity index (χ4n) is 4.42. The lowest BCUT2D eigenvalue weighted by Crippen LogP contribution is -2.51. The van der Waals surface area contributed by atoms with Crippen molar-refractivity contribution in [2.24, 2.45) is 5.92 Å². The first-order valence-electron chi connectivity index (χ1n) is 8.37. The van der Waals surface area contributed by atoms with E-state index in [-0.39, 0.29) is 6.03 Å². The van der Waals surface area contributed by atoms with Crippen molar-refractivity contribution in [3.63, 3.8) is 0 Å². The second-order valence-corrected chi connectivity index (χ2v) is 7.38. The number of fused-ring (bicyclic) bond motifs is 2. The molecule has 0 spiro atoms. The molecule has 0 aromatic heterocycles. The van der Waals surface area contributed by atoms with Crippen molar-refractivity contribution >= 4 is 6.03 Å². The highest BCUT2D eigenvalue weighted by molar-refractivity contribution is 5.74.